The molecular formula is C8H8F3NO3. The predicted octanol–water partition coefficient (Wildman–Crippen LogP) is 1.25. The zero-order chi connectivity index (χ0) is 11.6. The minimum Gasteiger partial charge on any atom is -0.480 e. The van der Waals surface area contributed by atoms with Gasteiger partial charge in [-0.3, -0.25) is 4.79 Å². The molecule has 15 heavy (non-hydrogen) atoms. The van der Waals surface area contributed by atoms with Crippen LogP contribution in [-0.4, -0.2) is 17.1 Å². The normalized spacial score (nSPS) is 13.9. The molecule has 0 amide bonds. The van der Waals surface area contributed by atoms with Crippen molar-refractivity contribution in [2.24, 2.45) is 5.73 Å². The number of carbonyl (C=O) groups is 1. The standard InChI is InChI=1S/C8H8F3NO3/c9-8(10,11)6-2-1-4(15-6)3-5(12)7(13)14/h1-2,5H,3,12H2,(H,13,14). The molecule has 1 rings (SSSR count). The first kappa shape index (κ1) is 11.6. The van der Waals surface area contributed by atoms with Crippen molar-refractivity contribution in [1.82, 2.24) is 0 Å². The molecule has 7 heteroatoms. The van der Waals surface area contributed by atoms with Crippen molar-refractivity contribution in [2.75, 3.05) is 0 Å². The van der Waals surface area contributed by atoms with E-state index in [9.17, 15) is 18.0 Å². The van der Waals surface area contributed by atoms with Gasteiger partial charge in [0, 0.05) is 6.42 Å². The molecule has 0 aliphatic carbocycles. The van der Waals surface area contributed by atoms with E-state index in [1.54, 1.807) is 0 Å². The van der Waals surface area contributed by atoms with E-state index in [1.165, 1.54) is 0 Å². The first-order chi connectivity index (χ1) is 6.80. The molecule has 0 saturated carbocycles. The van der Waals surface area contributed by atoms with Crippen LogP contribution in [0.25, 0.3) is 0 Å². The molecule has 0 aromatic carbocycles. The van der Waals surface area contributed by atoms with Crippen molar-refractivity contribution in [3.05, 3.63) is 23.7 Å². The zero-order valence-corrected chi connectivity index (χ0v) is 7.41. The summed E-state index contributed by atoms with van der Waals surface area (Å²) in [5, 5.41) is 8.42. The minimum absolute atomic E-state index is 0.0998. The molecule has 0 spiro atoms. The fraction of sp³-hybridized carbons (Fsp3) is 0.375. The summed E-state index contributed by atoms with van der Waals surface area (Å²) < 4.78 is 40.6. The van der Waals surface area contributed by atoms with Crippen molar-refractivity contribution >= 4 is 5.97 Å². The van der Waals surface area contributed by atoms with E-state index < -0.39 is 23.9 Å². The van der Waals surface area contributed by atoms with Crippen LogP contribution in [0.15, 0.2) is 16.5 Å². The maximum Gasteiger partial charge on any atom is 0.449 e. The average molecular weight is 223 g/mol. The predicted molar refractivity (Wildman–Crippen MR) is 43.0 cm³/mol. The Bertz CT molecular complexity index is 358. The molecule has 3 N–H and O–H groups in total. The molecule has 0 saturated heterocycles. The Morgan fingerprint density at radius 1 is 1.53 bits per heavy atom. The topological polar surface area (TPSA) is 76.5 Å². The fourth-order valence-electron chi connectivity index (χ4n) is 0.944. The molecule has 0 radical (unpaired) electrons. The maximum absolute atomic E-state index is 12.1. The van der Waals surface area contributed by atoms with E-state index in [0.29, 0.717) is 0 Å². The van der Waals surface area contributed by atoms with Gasteiger partial charge in [0.2, 0.25) is 5.76 Å². The van der Waals surface area contributed by atoms with Gasteiger partial charge < -0.3 is 15.3 Å². The monoisotopic (exact) mass is 223 g/mol. The summed E-state index contributed by atoms with van der Waals surface area (Å²) in [4.78, 5) is 10.3. The first-order valence-corrected chi connectivity index (χ1v) is 3.95. The Balaban J connectivity index is 2.73. The highest BCUT2D eigenvalue weighted by Gasteiger charge is 2.34. The summed E-state index contributed by atoms with van der Waals surface area (Å²) in [6.07, 6.45) is -4.84. The number of halogens is 3. The van der Waals surface area contributed by atoms with Gasteiger partial charge >= 0.3 is 12.1 Å². The number of carboxylic acids is 1. The van der Waals surface area contributed by atoms with Crippen LogP contribution >= 0.6 is 0 Å². The SMILES string of the molecule is NC(Cc1ccc(C(F)(F)F)o1)C(=O)O. The molecule has 0 aliphatic heterocycles. The van der Waals surface area contributed by atoms with Crippen LogP contribution < -0.4 is 5.73 Å². The molecule has 1 aromatic rings. The van der Waals surface area contributed by atoms with Gasteiger partial charge in [-0.05, 0) is 12.1 Å². The lowest BCUT2D eigenvalue weighted by atomic mass is 10.2. The lowest BCUT2D eigenvalue weighted by Crippen LogP contribution is -2.32. The summed E-state index contributed by atoms with van der Waals surface area (Å²) in [5.41, 5.74) is 5.13. The number of hydrogen-bond donors (Lipinski definition) is 2. The van der Waals surface area contributed by atoms with Gasteiger partial charge in [0.1, 0.15) is 11.8 Å². The highest BCUT2D eigenvalue weighted by atomic mass is 19.4. The van der Waals surface area contributed by atoms with Gasteiger partial charge in [0.15, 0.2) is 0 Å². The van der Waals surface area contributed by atoms with Gasteiger partial charge in [-0.2, -0.15) is 13.2 Å². The Labute approximate surface area is 82.5 Å². The summed E-state index contributed by atoms with van der Waals surface area (Å²) in [6.45, 7) is 0. The van der Waals surface area contributed by atoms with Gasteiger partial charge in [-0.25, -0.2) is 0 Å². The van der Waals surface area contributed by atoms with Gasteiger partial charge in [-0.1, -0.05) is 0 Å². The largest absolute Gasteiger partial charge is 0.480 e. The molecule has 1 atom stereocenters. The van der Waals surface area contributed by atoms with E-state index in [2.05, 4.69) is 4.42 Å². The van der Waals surface area contributed by atoms with Gasteiger partial charge in [0.05, 0.1) is 0 Å². The third kappa shape index (κ3) is 2.98. The quantitative estimate of drug-likeness (QED) is 0.808. The van der Waals surface area contributed by atoms with Gasteiger partial charge in [-0.15, -0.1) is 0 Å². The molecule has 1 heterocycles. The number of carboxylic acid groups (broad SMARTS) is 1. The van der Waals surface area contributed by atoms with E-state index in [4.69, 9.17) is 10.8 Å². The van der Waals surface area contributed by atoms with E-state index in [0.717, 1.165) is 12.1 Å². The third-order valence-corrected chi connectivity index (χ3v) is 1.68. The number of hydrogen-bond acceptors (Lipinski definition) is 3. The molecule has 0 aliphatic rings. The minimum atomic E-state index is -4.56. The highest BCUT2D eigenvalue weighted by molar-refractivity contribution is 5.73. The number of nitrogens with two attached hydrogens (primary N) is 1. The van der Waals surface area contributed by atoms with Crippen LogP contribution in [0.1, 0.15) is 11.5 Å². The van der Waals surface area contributed by atoms with E-state index in [1.807, 2.05) is 0 Å². The number of alkyl halides is 3. The van der Waals surface area contributed by atoms with Crippen LogP contribution in [0.2, 0.25) is 0 Å². The second-order valence-electron chi connectivity index (χ2n) is 2.91. The van der Waals surface area contributed by atoms with Crippen LogP contribution in [0.3, 0.4) is 0 Å². The molecule has 1 unspecified atom stereocenters. The molecular weight excluding hydrogens is 215 g/mol. The van der Waals surface area contributed by atoms with Crippen molar-refractivity contribution in [1.29, 1.82) is 0 Å². The molecule has 4 nitrogen and oxygen atoms in total. The van der Waals surface area contributed by atoms with Gasteiger partial charge in [0.25, 0.3) is 0 Å². The molecule has 0 bridgehead atoms. The zero-order valence-electron chi connectivity index (χ0n) is 7.41. The van der Waals surface area contributed by atoms with Crippen molar-refractivity contribution in [3.63, 3.8) is 0 Å². The summed E-state index contributed by atoms with van der Waals surface area (Å²) in [7, 11) is 0. The van der Waals surface area contributed by atoms with E-state index >= 15 is 0 Å². The Hall–Kier alpha value is -1.50. The molecule has 0 fully saturated rings. The lowest BCUT2D eigenvalue weighted by Gasteiger charge is -2.04. The lowest BCUT2D eigenvalue weighted by molar-refractivity contribution is -0.153. The van der Waals surface area contributed by atoms with Crippen LogP contribution in [0.5, 0.6) is 0 Å². The summed E-state index contributed by atoms with van der Waals surface area (Å²) in [5.74, 6) is -2.55. The van der Waals surface area contributed by atoms with Crippen LogP contribution in [0, 0.1) is 0 Å². The van der Waals surface area contributed by atoms with E-state index in [-0.39, 0.29) is 12.2 Å². The summed E-state index contributed by atoms with van der Waals surface area (Å²) >= 11 is 0. The number of furan rings is 1. The second kappa shape index (κ2) is 3.93. The summed E-state index contributed by atoms with van der Waals surface area (Å²) in [6, 6.07) is 0.535. The maximum atomic E-state index is 12.1. The van der Waals surface area contributed by atoms with Crippen molar-refractivity contribution in [2.45, 2.75) is 18.6 Å². The number of aliphatic carboxylic acids is 1. The Morgan fingerprint density at radius 2 is 2.13 bits per heavy atom. The smallest absolute Gasteiger partial charge is 0.449 e. The third-order valence-electron chi connectivity index (χ3n) is 1.68. The van der Waals surface area contributed by atoms with Crippen molar-refractivity contribution in [3.8, 4) is 0 Å². The fourth-order valence-corrected chi connectivity index (χ4v) is 0.944. The second-order valence-corrected chi connectivity index (χ2v) is 2.91. The first-order valence-electron chi connectivity index (χ1n) is 3.95. The Morgan fingerprint density at radius 3 is 2.53 bits per heavy atom. The molecule has 84 valence electrons. The number of rotatable bonds is 3. The molecule has 1 aromatic heterocycles. The average Bonchev–Trinajstić information content (AvgIpc) is 2.51. The Kier molecular flexibility index (Phi) is 3.04. The highest BCUT2D eigenvalue weighted by Crippen LogP contribution is 2.30. The van der Waals surface area contributed by atoms with Crippen molar-refractivity contribution < 1.29 is 27.5 Å². The van der Waals surface area contributed by atoms with Crippen LogP contribution in [0.4, 0.5) is 13.2 Å². The van der Waals surface area contributed by atoms with Crippen LogP contribution in [-0.2, 0) is 17.4 Å².